The Morgan fingerprint density at radius 1 is 1.29 bits per heavy atom. The summed E-state index contributed by atoms with van der Waals surface area (Å²) in [5, 5.41) is 11.0. The molecular formula is C14H18ClFO. The highest BCUT2D eigenvalue weighted by Crippen LogP contribution is 2.46. The van der Waals surface area contributed by atoms with E-state index in [0.29, 0.717) is 23.4 Å². The van der Waals surface area contributed by atoms with Gasteiger partial charge in [-0.1, -0.05) is 31.5 Å². The van der Waals surface area contributed by atoms with Gasteiger partial charge in [-0.05, 0) is 43.2 Å². The topological polar surface area (TPSA) is 20.2 Å². The van der Waals surface area contributed by atoms with Crippen molar-refractivity contribution in [1.82, 2.24) is 0 Å². The van der Waals surface area contributed by atoms with E-state index >= 15 is 0 Å². The van der Waals surface area contributed by atoms with E-state index in [1.807, 2.05) is 0 Å². The largest absolute Gasteiger partial charge is 0.385 e. The van der Waals surface area contributed by atoms with Crippen molar-refractivity contribution in [2.75, 3.05) is 0 Å². The lowest BCUT2D eigenvalue weighted by molar-refractivity contribution is -0.0464. The van der Waals surface area contributed by atoms with Crippen LogP contribution in [0, 0.1) is 11.2 Å². The van der Waals surface area contributed by atoms with Gasteiger partial charge >= 0.3 is 0 Å². The second-order valence-electron chi connectivity index (χ2n) is 5.85. The number of hydrogen-bond acceptors (Lipinski definition) is 1. The van der Waals surface area contributed by atoms with E-state index in [-0.39, 0.29) is 5.41 Å². The average molecular weight is 257 g/mol. The van der Waals surface area contributed by atoms with Crippen LogP contribution in [0.4, 0.5) is 4.39 Å². The molecule has 0 aromatic heterocycles. The van der Waals surface area contributed by atoms with Gasteiger partial charge in [-0.25, -0.2) is 4.39 Å². The van der Waals surface area contributed by atoms with Crippen LogP contribution in [0.3, 0.4) is 0 Å². The third-order valence-corrected chi connectivity index (χ3v) is 3.88. The molecule has 1 saturated carbocycles. The molecule has 0 spiro atoms. The van der Waals surface area contributed by atoms with E-state index in [2.05, 4.69) is 13.8 Å². The lowest BCUT2D eigenvalue weighted by Crippen LogP contribution is -2.37. The maximum absolute atomic E-state index is 13.9. The highest BCUT2D eigenvalue weighted by atomic mass is 35.5. The first-order valence-electron chi connectivity index (χ1n) is 6.00. The fourth-order valence-corrected chi connectivity index (χ4v) is 3.08. The number of benzene rings is 1. The first kappa shape index (κ1) is 12.8. The molecule has 0 aliphatic heterocycles. The normalized spacial score (nSPS) is 28.1. The minimum atomic E-state index is -1.05. The van der Waals surface area contributed by atoms with Crippen molar-refractivity contribution in [1.29, 1.82) is 0 Å². The standard InChI is InChI=1S/C14H18ClFO/c1-13(2)6-3-7-14(17,9-13)11-5-4-10(15)8-12(11)16/h4-5,8,17H,3,6-7,9H2,1-2H3. The third-order valence-electron chi connectivity index (χ3n) is 3.65. The molecule has 1 aromatic rings. The van der Waals surface area contributed by atoms with Crippen LogP contribution >= 0.6 is 11.6 Å². The summed E-state index contributed by atoms with van der Waals surface area (Å²) in [5.41, 5.74) is -0.607. The Balaban J connectivity index is 2.37. The Hall–Kier alpha value is -0.600. The fraction of sp³-hybridized carbons (Fsp3) is 0.571. The van der Waals surface area contributed by atoms with Crippen LogP contribution in [0.5, 0.6) is 0 Å². The van der Waals surface area contributed by atoms with E-state index < -0.39 is 11.4 Å². The Labute approximate surface area is 107 Å². The molecule has 1 aliphatic carbocycles. The predicted molar refractivity (Wildman–Crippen MR) is 67.6 cm³/mol. The molecular weight excluding hydrogens is 239 g/mol. The molecule has 0 heterocycles. The predicted octanol–water partition coefficient (Wildman–Crippen LogP) is 4.27. The number of aliphatic hydroxyl groups is 1. The summed E-state index contributed by atoms with van der Waals surface area (Å²) in [6.07, 6.45) is 3.21. The number of halogens is 2. The molecule has 1 aliphatic rings. The molecule has 17 heavy (non-hydrogen) atoms. The zero-order valence-corrected chi connectivity index (χ0v) is 11.0. The van der Waals surface area contributed by atoms with Gasteiger partial charge in [0.25, 0.3) is 0 Å². The summed E-state index contributed by atoms with van der Waals surface area (Å²) in [5.74, 6) is -0.405. The first-order chi connectivity index (χ1) is 7.82. The lowest BCUT2D eigenvalue weighted by Gasteiger charge is -2.42. The molecule has 0 radical (unpaired) electrons. The zero-order chi connectivity index (χ0) is 12.7. The van der Waals surface area contributed by atoms with Crippen LogP contribution in [0.25, 0.3) is 0 Å². The SMILES string of the molecule is CC1(C)CCCC(O)(c2ccc(Cl)cc2F)C1. The van der Waals surface area contributed by atoms with E-state index in [9.17, 15) is 9.50 Å². The van der Waals surface area contributed by atoms with Crippen molar-refractivity contribution in [2.45, 2.75) is 45.1 Å². The smallest absolute Gasteiger partial charge is 0.130 e. The molecule has 1 fully saturated rings. The maximum atomic E-state index is 13.9. The van der Waals surface area contributed by atoms with Gasteiger partial charge in [0.05, 0.1) is 5.60 Å². The Morgan fingerprint density at radius 2 is 2.00 bits per heavy atom. The summed E-state index contributed by atoms with van der Waals surface area (Å²) in [7, 11) is 0. The van der Waals surface area contributed by atoms with Gasteiger partial charge in [-0.15, -0.1) is 0 Å². The maximum Gasteiger partial charge on any atom is 0.130 e. The second-order valence-corrected chi connectivity index (χ2v) is 6.29. The fourth-order valence-electron chi connectivity index (χ4n) is 2.92. The van der Waals surface area contributed by atoms with Crippen molar-refractivity contribution in [2.24, 2.45) is 5.41 Å². The monoisotopic (exact) mass is 256 g/mol. The number of hydrogen-bond donors (Lipinski definition) is 1. The Morgan fingerprint density at radius 3 is 2.59 bits per heavy atom. The van der Waals surface area contributed by atoms with Crippen molar-refractivity contribution < 1.29 is 9.50 Å². The highest BCUT2D eigenvalue weighted by Gasteiger charge is 2.41. The molecule has 3 heteroatoms. The quantitative estimate of drug-likeness (QED) is 0.796. The average Bonchev–Trinajstić information content (AvgIpc) is 2.14. The molecule has 0 bridgehead atoms. The molecule has 1 N–H and O–H groups in total. The van der Waals surface area contributed by atoms with Crippen LogP contribution < -0.4 is 0 Å². The summed E-state index contributed by atoms with van der Waals surface area (Å²) in [6.45, 7) is 4.23. The van der Waals surface area contributed by atoms with Gasteiger partial charge in [0.1, 0.15) is 5.82 Å². The van der Waals surface area contributed by atoms with Crippen molar-refractivity contribution in [3.63, 3.8) is 0 Å². The van der Waals surface area contributed by atoms with E-state index in [1.54, 1.807) is 12.1 Å². The van der Waals surface area contributed by atoms with E-state index in [1.165, 1.54) is 6.07 Å². The molecule has 0 amide bonds. The molecule has 2 rings (SSSR count). The minimum Gasteiger partial charge on any atom is -0.385 e. The van der Waals surface area contributed by atoms with Crippen LogP contribution in [-0.2, 0) is 5.60 Å². The van der Waals surface area contributed by atoms with Crippen LogP contribution in [-0.4, -0.2) is 5.11 Å². The van der Waals surface area contributed by atoms with Crippen LogP contribution in [0.15, 0.2) is 18.2 Å². The Kier molecular flexibility index (Phi) is 3.21. The van der Waals surface area contributed by atoms with Gasteiger partial charge in [0.2, 0.25) is 0 Å². The third kappa shape index (κ3) is 2.63. The van der Waals surface area contributed by atoms with Crippen molar-refractivity contribution in [3.05, 3.63) is 34.6 Å². The van der Waals surface area contributed by atoms with Crippen LogP contribution in [0.1, 0.15) is 45.1 Å². The highest BCUT2D eigenvalue weighted by molar-refractivity contribution is 6.30. The summed E-state index contributed by atoms with van der Waals surface area (Å²) in [6, 6.07) is 4.52. The van der Waals surface area contributed by atoms with Gasteiger partial charge in [-0.2, -0.15) is 0 Å². The lowest BCUT2D eigenvalue weighted by atomic mass is 9.67. The van der Waals surface area contributed by atoms with Gasteiger partial charge < -0.3 is 5.11 Å². The summed E-state index contributed by atoms with van der Waals surface area (Å²) in [4.78, 5) is 0. The van der Waals surface area contributed by atoms with Crippen LogP contribution in [0.2, 0.25) is 5.02 Å². The van der Waals surface area contributed by atoms with Gasteiger partial charge in [0.15, 0.2) is 0 Å². The summed E-state index contributed by atoms with van der Waals surface area (Å²) >= 11 is 5.74. The second kappa shape index (κ2) is 4.25. The molecule has 1 atom stereocenters. The number of rotatable bonds is 1. The van der Waals surface area contributed by atoms with Crippen molar-refractivity contribution >= 4 is 11.6 Å². The molecule has 1 unspecified atom stereocenters. The molecule has 1 nitrogen and oxygen atoms in total. The minimum absolute atomic E-state index is 0.0546. The Bertz CT molecular complexity index is 430. The van der Waals surface area contributed by atoms with E-state index in [4.69, 9.17) is 11.6 Å². The zero-order valence-electron chi connectivity index (χ0n) is 10.3. The first-order valence-corrected chi connectivity index (χ1v) is 6.38. The molecule has 94 valence electrons. The summed E-state index contributed by atoms with van der Waals surface area (Å²) < 4.78 is 13.9. The van der Waals surface area contributed by atoms with Crippen molar-refractivity contribution in [3.8, 4) is 0 Å². The van der Waals surface area contributed by atoms with Gasteiger partial charge in [0, 0.05) is 10.6 Å². The molecule has 1 aromatic carbocycles. The molecule has 0 saturated heterocycles. The van der Waals surface area contributed by atoms with E-state index in [0.717, 1.165) is 12.8 Å². The van der Waals surface area contributed by atoms with Gasteiger partial charge in [-0.3, -0.25) is 0 Å².